The van der Waals surface area contributed by atoms with E-state index in [0.717, 1.165) is 6.08 Å². The molecule has 0 bridgehead atoms. The number of carboxylic acid groups (broad SMARTS) is 1. The lowest BCUT2D eigenvalue weighted by molar-refractivity contribution is -0.133. The van der Waals surface area contributed by atoms with Crippen molar-refractivity contribution in [1.29, 1.82) is 0 Å². The molecular formula is C8H8O5. The van der Waals surface area contributed by atoms with Gasteiger partial charge in [0.05, 0.1) is 18.8 Å². The lowest BCUT2D eigenvalue weighted by Crippen LogP contribution is -1.97. The predicted molar refractivity (Wildman–Crippen MR) is 41.5 cm³/mol. The quantitative estimate of drug-likeness (QED) is 0.497. The molecule has 0 saturated heterocycles. The van der Waals surface area contributed by atoms with E-state index in [4.69, 9.17) is 9.84 Å². The van der Waals surface area contributed by atoms with Crippen molar-refractivity contribution >= 4 is 11.9 Å². The number of aliphatic carboxylic acids is 1. The summed E-state index contributed by atoms with van der Waals surface area (Å²) in [6.45, 7) is 1.50. The fourth-order valence-corrected chi connectivity index (χ4v) is 0.961. The van der Waals surface area contributed by atoms with Crippen LogP contribution in [0.3, 0.4) is 0 Å². The van der Waals surface area contributed by atoms with Crippen LogP contribution in [0, 0.1) is 0 Å². The highest BCUT2D eigenvalue weighted by Crippen LogP contribution is 2.25. The number of carboxylic acids is 1. The predicted octanol–water partition coefficient (Wildman–Crippen LogP) is 0.432. The number of ether oxygens (including phenoxy) is 2. The van der Waals surface area contributed by atoms with Crippen LogP contribution in [-0.4, -0.2) is 24.2 Å². The second-order valence-corrected chi connectivity index (χ2v) is 2.39. The van der Waals surface area contributed by atoms with Crippen molar-refractivity contribution < 1.29 is 24.2 Å². The van der Waals surface area contributed by atoms with E-state index in [2.05, 4.69) is 4.74 Å². The van der Waals surface area contributed by atoms with Gasteiger partial charge in [-0.2, -0.15) is 0 Å². The Hall–Kier alpha value is -1.78. The number of rotatable bonds is 2. The minimum atomic E-state index is -1.19. The minimum absolute atomic E-state index is 0.0579. The molecule has 1 aliphatic rings. The van der Waals surface area contributed by atoms with Crippen molar-refractivity contribution in [2.75, 3.05) is 7.11 Å². The molecule has 0 amide bonds. The normalized spacial score (nSPS) is 19.2. The van der Waals surface area contributed by atoms with E-state index in [9.17, 15) is 9.59 Å². The third kappa shape index (κ3) is 1.69. The second-order valence-electron chi connectivity index (χ2n) is 2.39. The number of hydrogen-bond donors (Lipinski definition) is 1. The summed E-state index contributed by atoms with van der Waals surface area (Å²) < 4.78 is 9.44. The van der Waals surface area contributed by atoms with E-state index in [1.165, 1.54) is 14.0 Å². The molecule has 0 spiro atoms. The molecule has 1 aliphatic heterocycles. The molecule has 0 aliphatic carbocycles. The smallest absolute Gasteiger partial charge is 0.343 e. The average molecular weight is 184 g/mol. The molecule has 0 saturated carbocycles. The number of hydrogen-bond acceptors (Lipinski definition) is 4. The summed E-state index contributed by atoms with van der Waals surface area (Å²) in [5, 5.41) is 8.41. The number of cyclic esters (lactones) is 1. The van der Waals surface area contributed by atoms with E-state index >= 15 is 0 Å². The van der Waals surface area contributed by atoms with E-state index in [-0.39, 0.29) is 17.1 Å². The van der Waals surface area contributed by atoms with Crippen LogP contribution >= 0.6 is 0 Å². The highest BCUT2D eigenvalue weighted by Gasteiger charge is 2.28. The number of methoxy groups -OCH3 is 1. The Labute approximate surface area is 74.3 Å². The molecule has 1 N–H and O–H groups in total. The zero-order valence-electron chi connectivity index (χ0n) is 7.16. The van der Waals surface area contributed by atoms with Crippen molar-refractivity contribution in [1.82, 2.24) is 0 Å². The summed E-state index contributed by atoms with van der Waals surface area (Å²) in [6, 6.07) is 0. The van der Waals surface area contributed by atoms with E-state index in [1.807, 2.05) is 0 Å². The fraction of sp³-hybridized carbons (Fsp3) is 0.250. The molecule has 0 unspecified atom stereocenters. The Morgan fingerprint density at radius 1 is 1.62 bits per heavy atom. The van der Waals surface area contributed by atoms with E-state index in [0.29, 0.717) is 0 Å². The van der Waals surface area contributed by atoms with Crippen molar-refractivity contribution in [3.63, 3.8) is 0 Å². The van der Waals surface area contributed by atoms with E-state index in [1.54, 1.807) is 0 Å². The van der Waals surface area contributed by atoms with Crippen LogP contribution in [0.25, 0.3) is 0 Å². The van der Waals surface area contributed by atoms with Gasteiger partial charge < -0.3 is 14.6 Å². The van der Waals surface area contributed by atoms with Gasteiger partial charge in [0.25, 0.3) is 0 Å². The Morgan fingerprint density at radius 3 is 2.69 bits per heavy atom. The van der Waals surface area contributed by atoms with Crippen molar-refractivity contribution in [2.45, 2.75) is 6.92 Å². The lowest BCUT2D eigenvalue weighted by Gasteiger charge is -2.00. The van der Waals surface area contributed by atoms with Gasteiger partial charge >= 0.3 is 11.9 Å². The molecule has 0 aromatic heterocycles. The molecule has 13 heavy (non-hydrogen) atoms. The first-order valence-electron chi connectivity index (χ1n) is 3.48. The van der Waals surface area contributed by atoms with Gasteiger partial charge in [-0.3, -0.25) is 0 Å². The summed E-state index contributed by atoms with van der Waals surface area (Å²) in [5.41, 5.74) is 0.273. The van der Waals surface area contributed by atoms with Crippen molar-refractivity contribution in [3.05, 3.63) is 23.2 Å². The van der Waals surface area contributed by atoms with Gasteiger partial charge in [0.15, 0.2) is 11.5 Å². The molecule has 0 aromatic carbocycles. The van der Waals surface area contributed by atoms with Crippen molar-refractivity contribution in [2.24, 2.45) is 0 Å². The first kappa shape index (κ1) is 9.31. The van der Waals surface area contributed by atoms with Crippen LogP contribution in [0.4, 0.5) is 0 Å². The summed E-state index contributed by atoms with van der Waals surface area (Å²) in [7, 11) is 1.34. The number of carbonyl (C=O) groups excluding carboxylic acids is 1. The molecule has 0 radical (unpaired) electrons. The highest BCUT2D eigenvalue weighted by atomic mass is 16.6. The van der Waals surface area contributed by atoms with Gasteiger partial charge in [0.2, 0.25) is 0 Å². The molecule has 70 valence electrons. The van der Waals surface area contributed by atoms with E-state index < -0.39 is 11.9 Å². The van der Waals surface area contributed by atoms with Crippen LogP contribution in [-0.2, 0) is 19.1 Å². The van der Waals surface area contributed by atoms with Crippen LogP contribution in [0.2, 0.25) is 0 Å². The van der Waals surface area contributed by atoms with Crippen LogP contribution in [0.1, 0.15) is 6.92 Å². The van der Waals surface area contributed by atoms with Gasteiger partial charge in [-0.25, -0.2) is 9.59 Å². The van der Waals surface area contributed by atoms with Crippen LogP contribution in [0.15, 0.2) is 23.2 Å². The summed E-state index contributed by atoms with van der Waals surface area (Å²) in [6.07, 6.45) is 0.785. The summed E-state index contributed by atoms with van der Waals surface area (Å²) in [5.74, 6) is -1.65. The highest BCUT2D eigenvalue weighted by molar-refractivity contribution is 5.95. The zero-order chi connectivity index (χ0) is 10.0. The standard InChI is InChI=1S/C8H8O5/c1-4-7(12-2)5(3-6(9)10)13-8(4)11/h3H,1-2H3,(H,9,10)/b5-3-. The molecule has 0 fully saturated rings. The monoisotopic (exact) mass is 184 g/mol. The summed E-state index contributed by atoms with van der Waals surface area (Å²) in [4.78, 5) is 21.2. The number of carbonyl (C=O) groups is 2. The first-order valence-corrected chi connectivity index (χ1v) is 3.48. The van der Waals surface area contributed by atoms with Gasteiger partial charge in [-0.15, -0.1) is 0 Å². The SMILES string of the molecule is COC1=C(C)C(=O)O/C1=C\C(=O)O. The van der Waals surface area contributed by atoms with Gasteiger partial charge in [0, 0.05) is 0 Å². The molecule has 0 aromatic rings. The maximum Gasteiger partial charge on any atom is 0.343 e. The Balaban J connectivity index is 3.06. The first-order chi connectivity index (χ1) is 6.06. The maximum atomic E-state index is 10.9. The topological polar surface area (TPSA) is 72.8 Å². The van der Waals surface area contributed by atoms with Crippen LogP contribution in [0.5, 0.6) is 0 Å². The largest absolute Gasteiger partial charge is 0.492 e. The molecule has 1 heterocycles. The molecule has 5 nitrogen and oxygen atoms in total. The number of esters is 1. The molecule has 5 heteroatoms. The Bertz CT molecular complexity index is 323. The zero-order valence-corrected chi connectivity index (χ0v) is 7.16. The van der Waals surface area contributed by atoms with Gasteiger partial charge in [-0.1, -0.05) is 0 Å². The minimum Gasteiger partial charge on any atom is -0.492 e. The molecular weight excluding hydrogens is 176 g/mol. The molecule has 1 rings (SSSR count). The lowest BCUT2D eigenvalue weighted by atomic mass is 10.2. The van der Waals surface area contributed by atoms with Crippen molar-refractivity contribution in [3.8, 4) is 0 Å². The maximum absolute atomic E-state index is 10.9. The third-order valence-electron chi connectivity index (χ3n) is 1.53. The summed E-state index contributed by atoms with van der Waals surface area (Å²) >= 11 is 0. The second kappa shape index (κ2) is 3.30. The average Bonchev–Trinajstić information content (AvgIpc) is 2.27. The Kier molecular flexibility index (Phi) is 2.36. The third-order valence-corrected chi connectivity index (χ3v) is 1.53. The van der Waals surface area contributed by atoms with Gasteiger partial charge in [-0.05, 0) is 6.92 Å². The fourth-order valence-electron chi connectivity index (χ4n) is 0.961. The van der Waals surface area contributed by atoms with Crippen LogP contribution < -0.4 is 0 Å². The van der Waals surface area contributed by atoms with Gasteiger partial charge in [0.1, 0.15) is 0 Å². The molecule has 0 atom stereocenters. The Morgan fingerprint density at radius 2 is 2.23 bits per heavy atom.